The van der Waals surface area contributed by atoms with E-state index in [1.165, 1.54) is 199 Å². The fourth-order valence-corrected chi connectivity index (χ4v) is 12.3. The van der Waals surface area contributed by atoms with E-state index in [0.29, 0.717) is 12.1 Å². The first-order chi connectivity index (χ1) is 32.1. The molecular formula is C59H116N8. The number of anilines is 3. The molecule has 67 heavy (non-hydrogen) atoms. The molecule has 0 aliphatic carbocycles. The molecule has 0 radical (unpaired) electrons. The minimum atomic E-state index is 0.0296. The lowest BCUT2D eigenvalue weighted by Crippen LogP contribution is -2.63. The highest BCUT2D eigenvalue weighted by molar-refractivity contribution is 5.47. The van der Waals surface area contributed by atoms with E-state index in [0.717, 1.165) is 69.6 Å². The highest BCUT2D eigenvalue weighted by Gasteiger charge is 2.43. The van der Waals surface area contributed by atoms with Gasteiger partial charge in [0.1, 0.15) is 0 Å². The Labute approximate surface area is 418 Å². The largest absolute Gasteiger partial charge is 0.354 e. The maximum Gasteiger partial charge on any atom is 0.232 e. The maximum absolute atomic E-state index is 5.67. The van der Waals surface area contributed by atoms with Gasteiger partial charge < -0.3 is 25.8 Å². The van der Waals surface area contributed by atoms with Crippen molar-refractivity contribution in [2.75, 3.05) is 34.8 Å². The number of hydrogen-bond acceptors (Lipinski definition) is 8. The Kier molecular flexibility index (Phi) is 29.4. The molecule has 2 saturated heterocycles. The van der Waals surface area contributed by atoms with Crippen LogP contribution < -0.4 is 25.8 Å². The van der Waals surface area contributed by atoms with Gasteiger partial charge in [0, 0.05) is 53.9 Å². The smallest absolute Gasteiger partial charge is 0.232 e. The fraction of sp³-hybridized carbons (Fsp3) is 0.949. The highest BCUT2D eigenvalue weighted by Crippen LogP contribution is 2.37. The Morgan fingerprint density at radius 3 is 0.910 bits per heavy atom. The molecule has 0 spiro atoms. The van der Waals surface area contributed by atoms with E-state index in [4.69, 9.17) is 15.0 Å². The predicted octanol–water partition coefficient (Wildman–Crippen LogP) is 17.1. The van der Waals surface area contributed by atoms with Crippen LogP contribution in [0.1, 0.15) is 307 Å². The van der Waals surface area contributed by atoms with Gasteiger partial charge in [-0.15, -0.1) is 0 Å². The van der Waals surface area contributed by atoms with Crippen LogP contribution in [0.3, 0.4) is 0 Å². The van der Waals surface area contributed by atoms with Gasteiger partial charge in [-0.3, -0.25) is 0 Å². The first kappa shape index (κ1) is 59.6. The van der Waals surface area contributed by atoms with Crippen molar-refractivity contribution in [3.8, 4) is 0 Å². The summed E-state index contributed by atoms with van der Waals surface area (Å²) in [7, 11) is 0. The van der Waals surface area contributed by atoms with Gasteiger partial charge in [-0.25, -0.2) is 0 Å². The predicted molar refractivity (Wildman–Crippen MR) is 296 cm³/mol. The second kappa shape index (κ2) is 33.1. The standard InChI is InChI=1S/C59H116N8/c1-12-15-18-21-24-27-30-31-32-35-38-41-44-60-53-61-54(66(51-47-56(4,5)64-57(6,7)48-51)45-42-39-36-33-28-25-22-19-16-13-2)63-55(62-53)67(52-49-58(8,9)65-59(10,11)50-52)46-43-40-37-34-29-26-23-20-17-14-3/h51-52,64-65H,12-50H2,1-11H3,(H,60,61,62,63). The van der Waals surface area contributed by atoms with E-state index >= 15 is 0 Å². The lowest BCUT2D eigenvalue weighted by atomic mass is 9.79. The SMILES string of the molecule is CCCCCCCCCCCCCCNc1nc(N(CCCCCCCCCCCC)C2CC(C)(C)NC(C)(C)C2)nc(N(CCCCCCCCCCCC)C2CC(C)(C)NC(C)(C)C2)n1. The van der Waals surface area contributed by atoms with Crippen LogP contribution in [-0.2, 0) is 0 Å². The van der Waals surface area contributed by atoms with Gasteiger partial charge in [0.05, 0.1) is 0 Å². The van der Waals surface area contributed by atoms with Crippen molar-refractivity contribution in [3.63, 3.8) is 0 Å². The van der Waals surface area contributed by atoms with Crippen molar-refractivity contribution in [1.29, 1.82) is 0 Å². The molecule has 1 aromatic heterocycles. The highest BCUT2D eigenvalue weighted by atomic mass is 15.4. The molecule has 8 heteroatoms. The molecule has 0 unspecified atom stereocenters. The molecule has 0 amide bonds. The van der Waals surface area contributed by atoms with Crippen molar-refractivity contribution in [1.82, 2.24) is 25.6 Å². The Balaban J connectivity index is 1.87. The first-order valence-electron chi connectivity index (χ1n) is 29.7. The van der Waals surface area contributed by atoms with Crippen LogP contribution in [0.2, 0.25) is 0 Å². The summed E-state index contributed by atoms with van der Waals surface area (Å²) in [6.45, 7) is 29.0. The van der Waals surface area contributed by atoms with Crippen LogP contribution in [0.5, 0.6) is 0 Å². The minimum Gasteiger partial charge on any atom is -0.354 e. The number of aromatic nitrogens is 3. The van der Waals surface area contributed by atoms with Gasteiger partial charge in [0.15, 0.2) is 0 Å². The van der Waals surface area contributed by atoms with Gasteiger partial charge in [-0.2, -0.15) is 15.0 Å². The molecule has 0 aromatic carbocycles. The number of nitrogens with zero attached hydrogens (tertiary/aromatic N) is 5. The molecule has 0 saturated carbocycles. The molecule has 2 aliphatic rings. The molecule has 1 aromatic rings. The maximum atomic E-state index is 5.67. The molecule has 2 aliphatic heterocycles. The van der Waals surface area contributed by atoms with E-state index in [1.54, 1.807) is 0 Å². The Morgan fingerprint density at radius 1 is 0.373 bits per heavy atom. The van der Waals surface area contributed by atoms with Gasteiger partial charge in [-0.05, 0) is 100 Å². The summed E-state index contributed by atoms with van der Waals surface area (Å²) in [4.78, 5) is 21.9. The lowest BCUT2D eigenvalue weighted by molar-refractivity contribution is 0.157. The fourth-order valence-electron chi connectivity index (χ4n) is 12.3. The molecule has 8 nitrogen and oxygen atoms in total. The zero-order valence-corrected chi connectivity index (χ0v) is 47.0. The van der Waals surface area contributed by atoms with Crippen LogP contribution in [0.15, 0.2) is 0 Å². The monoisotopic (exact) mass is 937 g/mol. The van der Waals surface area contributed by atoms with E-state index in [1.807, 2.05) is 0 Å². The minimum absolute atomic E-state index is 0.0296. The van der Waals surface area contributed by atoms with Gasteiger partial charge in [0.25, 0.3) is 0 Å². The Bertz CT molecular complexity index is 1260. The summed E-state index contributed by atoms with van der Waals surface area (Å²) in [6.07, 6.45) is 47.6. The Morgan fingerprint density at radius 2 is 0.627 bits per heavy atom. The van der Waals surface area contributed by atoms with Gasteiger partial charge in [-0.1, -0.05) is 207 Å². The van der Waals surface area contributed by atoms with Crippen molar-refractivity contribution < 1.29 is 0 Å². The summed E-state index contributed by atoms with van der Waals surface area (Å²) in [5.74, 6) is 2.58. The van der Waals surface area contributed by atoms with E-state index in [2.05, 4.69) is 102 Å². The average molecular weight is 938 g/mol. The number of nitrogens with one attached hydrogen (secondary N) is 3. The van der Waals surface area contributed by atoms with Crippen LogP contribution in [0.25, 0.3) is 0 Å². The van der Waals surface area contributed by atoms with Crippen LogP contribution in [0.4, 0.5) is 17.8 Å². The van der Waals surface area contributed by atoms with Gasteiger partial charge in [0.2, 0.25) is 17.8 Å². The summed E-state index contributed by atoms with van der Waals surface area (Å²) in [5.41, 5.74) is 0.118. The third-order valence-corrected chi connectivity index (χ3v) is 15.2. The first-order valence-corrected chi connectivity index (χ1v) is 29.7. The van der Waals surface area contributed by atoms with Crippen molar-refractivity contribution >= 4 is 17.8 Å². The summed E-state index contributed by atoms with van der Waals surface area (Å²) < 4.78 is 0. The molecule has 3 heterocycles. The number of unbranched alkanes of at least 4 members (excludes halogenated alkanes) is 29. The van der Waals surface area contributed by atoms with Crippen molar-refractivity contribution in [3.05, 3.63) is 0 Å². The molecule has 0 atom stereocenters. The zero-order chi connectivity index (χ0) is 48.9. The van der Waals surface area contributed by atoms with Gasteiger partial charge >= 0.3 is 0 Å². The summed E-state index contributed by atoms with van der Waals surface area (Å²) in [6, 6.07) is 0.716. The molecule has 392 valence electrons. The third-order valence-electron chi connectivity index (χ3n) is 15.2. The summed E-state index contributed by atoms with van der Waals surface area (Å²) >= 11 is 0. The molecular weight excluding hydrogens is 821 g/mol. The second-order valence-corrected chi connectivity index (χ2v) is 24.7. The Hall–Kier alpha value is -1.67. The molecule has 0 bridgehead atoms. The van der Waals surface area contributed by atoms with Crippen molar-refractivity contribution in [2.24, 2.45) is 0 Å². The molecule has 3 N–H and O–H groups in total. The summed E-state index contributed by atoms with van der Waals surface area (Å²) in [5, 5.41) is 11.8. The lowest BCUT2D eigenvalue weighted by Gasteiger charge is -2.50. The molecule has 2 fully saturated rings. The normalized spacial score (nSPS) is 18.1. The number of rotatable bonds is 40. The van der Waals surface area contributed by atoms with E-state index in [-0.39, 0.29) is 22.2 Å². The third kappa shape index (κ3) is 26.4. The van der Waals surface area contributed by atoms with Crippen LogP contribution in [-0.4, -0.2) is 68.8 Å². The second-order valence-electron chi connectivity index (χ2n) is 24.7. The zero-order valence-electron chi connectivity index (χ0n) is 47.0. The number of hydrogen-bond donors (Lipinski definition) is 3. The topological polar surface area (TPSA) is 81.2 Å². The van der Waals surface area contributed by atoms with Crippen molar-refractivity contribution in [2.45, 2.75) is 342 Å². The van der Waals surface area contributed by atoms with E-state index in [9.17, 15) is 0 Å². The number of piperidine rings is 2. The van der Waals surface area contributed by atoms with Crippen LogP contribution >= 0.6 is 0 Å². The average Bonchev–Trinajstić information content (AvgIpc) is 3.24. The molecule has 3 rings (SSSR count). The van der Waals surface area contributed by atoms with E-state index < -0.39 is 0 Å². The quantitative estimate of drug-likeness (QED) is 0.0562. The van der Waals surface area contributed by atoms with Crippen LogP contribution in [0, 0.1) is 0 Å².